The number of anilines is 1. The van der Waals surface area contributed by atoms with E-state index in [4.69, 9.17) is 15.5 Å². The summed E-state index contributed by atoms with van der Waals surface area (Å²) in [5, 5.41) is 1.06. The second-order valence-electron chi connectivity index (χ2n) is 6.27. The van der Waals surface area contributed by atoms with Crippen molar-refractivity contribution in [2.24, 2.45) is 5.73 Å². The van der Waals surface area contributed by atoms with Gasteiger partial charge in [0.25, 0.3) is 0 Å². The molecule has 0 saturated carbocycles. The van der Waals surface area contributed by atoms with Gasteiger partial charge in [0.05, 0.1) is 17.8 Å². The zero-order valence-electron chi connectivity index (χ0n) is 12.6. The van der Waals surface area contributed by atoms with Crippen LogP contribution < -0.4 is 10.6 Å². The van der Waals surface area contributed by atoms with Crippen LogP contribution in [0.1, 0.15) is 44.7 Å². The first-order chi connectivity index (χ1) is 8.84. The molecule has 0 spiro atoms. The van der Waals surface area contributed by atoms with Crippen LogP contribution in [-0.2, 0) is 16.7 Å². The number of nitrogens with two attached hydrogens (primary N) is 1. The predicted octanol–water partition coefficient (Wildman–Crippen LogP) is 2.51. The summed E-state index contributed by atoms with van der Waals surface area (Å²) >= 11 is 1.72. The number of aromatic nitrogens is 1. The average molecular weight is 283 g/mol. The van der Waals surface area contributed by atoms with Gasteiger partial charge in [-0.05, 0) is 13.3 Å². The highest BCUT2D eigenvalue weighted by atomic mass is 32.1. The molecule has 108 valence electrons. The van der Waals surface area contributed by atoms with Crippen LogP contribution in [-0.4, -0.2) is 30.8 Å². The number of ether oxygens (including phenoxy) is 1. The summed E-state index contributed by atoms with van der Waals surface area (Å²) < 4.78 is 5.65. The van der Waals surface area contributed by atoms with Gasteiger partial charge in [0.1, 0.15) is 0 Å². The quantitative estimate of drug-likeness (QED) is 0.926. The van der Waals surface area contributed by atoms with Gasteiger partial charge in [0.2, 0.25) is 0 Å². The predicted molar refractivity (Wildman–Crippen MR) is 80.9 cm³/mol. The highest BCUT2D eigenvalue weighted by Crippen LogP contribution is 2.35. The van der Waals surface area contributed by atoms with E-state index >= 15 is 0 Å². The number of nitrogens with zero attached hydrogens (tertiary/aromatic N) is 2. The molecule has 0 aromatic carbocycles. The first kappa shape index (κ1) is 14.8. The highest BCUT2D eigenvalue weighted by molar-refractivity contribution is 7.15. The Labute approximate surface area is 120 Å². The summed E-state index contributed by atoms with van der Waals surface area (Å²) in [7, 11) is 2.11. The SMILES string of the molecule is CC1OCCC1N(C)c1nc(C(C)(C)C)c(CN)s1. The standard InChI is InChI=1S/C14H25N3OS/c1-9-10(6-7-18-9)17(5)13-16-12(14(2,3)4)11(8-15)19-13/h9-10H,6-8,15H2,1-5H3. The Bertz CT molecular complexity index is 438. The van der Waals surface area contributed by atoms with Crippen molar-refractivity contribution in [2.45, 2.75) is 58.2 Å². The lowest BCUT2D eigenvalue weighted by Crippen LogP contribution is -2.36. The average Bonchev–Trinajstić information content (AvgIpc) is 2.92. The van der Waals surface area contributed by atoms with Gasteiger partial charge >= 0.3 is 0 Å². The first-order valence-corrected chi connectivity index (χ1v) is 7.71. The Balaban J connectivity index is 2.28. The Morgan fingerprint density at radius 2 is 2.16 bits per heavy atom. The number of hydrogen-bond acceptors (Lipinski definition) is 5. The second-order valence-corrected chi connectivity index (χ2v) is 7.33. The molecule has 1 aliphatic rings. The van der Waals surface area contributed by atoms with Crippen molar-refractivity contribution in [3.8, 4) is 0 Å². The topological polar surface area (TPSA) is 51.4 Å². The van der Waals surface area contributed by atoms with Gasteiger partial charge in [-0.25, -0.2) is 4.98 Å². The van der Waals surface area contributed by atoms with Crippen LogP contribution in [0.2, 0.25) is 0 Å². The third-order valence-electron chi connectivity index (χ3n) is 3.72. The molecule has 4 nitrogen and oxygen atoms in total. The number of thiazole rings is 1. The van der Waals surface area contributed by atoms with Gasteiger partial charge in [0.15, 0.2) is 5.13 Å². The fraction of sp³-hybridized carbons (Fsp3) is 0.786. The molecule has 0 bridgehead atoms. The fourth-order valence-electron chi connectivity index (χ4n) is 2.59. The maximum atomic E-state index is 5.87. The lowest BCUT2D eigenvalue weighted by molar-refractivity contribution is 0.118. The van der Waals surface area contributed by atoms with E-state index in [-0.39, 0.29) is 11.5 Å². The minimum atomic E-state index is 0.0437. The Morgan fingerprint density at radius 3 is 2.58 bits per heavy atom. The van der Waals surface area contributed by atoms with Gasteiger partial charge in [-0.15, -0.1) is 11.3 Å². The molecule has 2 unspecified atom stereocenters. The molecule has 1 aromatic heterocycles. The van der Waals surface area contributed by atoms with Crippen molar-refractivity contribution in [1.82, 2.24) is 4.98 Å². The number of rotatable bonds is 3. The van der Waals surface area contributed by atoms with E-state index < -0.39 is 0 Å². The van der Waals surface area contributed by atoms with Crippen LogP contribution in [0.3, 0.4) is 0 Å². The molecule has 5 heteroatoms. The molecule has 2 N–H and O–H groups in total. The Hall–Kier alpha value is -0.650. The van der Waals surface area contributed by atoms with Crippen molar-refractivity contribution >= 4 is 16.5 Å². The van der Waals surface area contributed by atoms with Gasteiger partial charge in [-0.1, -0.05) is 20.8 Å². The van der Waals surface area contributed by atoms with Crippen LogP contribution >= 0.6 is 11.3 Å². The summed E-state index contributed by atoms with van der Waals surface area (Å²) in [5.41, 5.74) is 7.05. The van der Waals surface area contributed by atoms with E-state index in [2.05, 4.69) is 39.6 Å². The third kappa shape index (κ3) is 2.93. The molecule has 0 aliphatic carbocycles. The van der Waals surface area contributed by atoms with E-state index in [0.29, 0.717) is 12.6 Å². The van der Waals surface area contributed by atoms with E-state index in [1.807, 2.05) is 0 Å². The van der Waals surface area contributed by atoms with E-state index in [9.17, 15) is 0 Å². The normalized spacial score (nSPS) is 23.9. The smallest absolute Gasteiger partial charge is 0.185 e. The number of likely N-dealkylation sites (N-methyl/N-ethyl adjacent to an activating group) is 1. The van der Waals surface area contributed by atoms with E-state index in [1.54, 1.807) is 11.3 Å². The van der Waals surface area contributed by atoms with Crippen LogP contribution in [0.25, 0.3) is 0 Å². The van der Waals surface area contributed by atoms with Crippen molar-refractivity contribution in [3.05, 3.63) is 10.6 Å². The summed E-state index contributed by atoms with van der Waals surface area (Å²) in [6.07, 6.45) is 1.34. The molecule has 1 fully saturated rings. The molecule has 2 rings (SSSR count). The van der Waals surface area contributed by atoms with Crippen molar-refractivity contribution in [3.63, 3.8) is 0 Å². The molecule has 1 aromatic rings. The largest absolute Gasteiger partial charge is 0.376 e. The first-order valence-electron chi connectivity index (χ1n) is 6.89. The third-order valence-corrected chi connectivity index (χ3v) is 4.89. The van der Waals surface area contributed by atoms with Crippen molar-refractivity contribution in [2.75, 3.05) is 18.6 Å². The molecule has 0 amide bonds. The minimum Gasteiger partial charge on any atom is -0.376 e. The summed E-state index contributed by atoms with van der Waals surface area (Å²) in [6, 6.07) is 0.421. The van der Waals surface area contributed by atoms with Gasteiger partial charge in [-0.2, -0.15) is 0 Å². The molecule has 1 aliphatic heterocycles. The van der Waals surface area contributed by atoms with E-state index in [0.717, 1.165) is 23.9 Å². The Morgan fingerprint density at radius 1 is 1.47 bits per heavy atom. The second kappa shape index (κ2) is 5.38. The monoisotopic (exact) mass is 283 g/mol. The molecule has 0 radical (unpaired) electrons. The van der Waals surface area contributed by atoms with E-state index in [1.165, 1.54) is 4.88 Å². The van der Waals surface area contributed by atoms with Crippen molar-refractivity contribution < 1.29 is 4.74 Å². The molecular formula is C14H25N3OS. The molecule has 1 saturated heterocycles. The zero-order valence-corrected chi connectivity index (χ0v) is 13.4. The fourth-order valence-corrected chi connectivity index (χ4v) is 3.75. The lowest BCUT2D eigenvalue weighted by Gasteiger charge is -2.26. The van der Waals surface area contributed by atoms with Gasteiger partial charge in [0, 0.05) is 30.5 Å². The summed E-state index contributed by atoms with van der Waals surface area (Å²) in [6.45, 7) is 10.1. The highest BCUT2D eigenvalue weighted by Gasteiger charge is 2.31. The summed E-state index contributed by atoms with van der Waals surface area (Å²) in [5.74, 6) is 0. The maximum Gasteiger partial charge on any atom is 0.185 e. The Kier molecular flexibility index (Phi) is 4.18. The lowest BCUT2D eigenvalue weighted by atomic mass is 9.91. The minimum absolute atomic E-state index is 0.0437. The molecular weight excluding hydrogens is 258 g/mol. The summed E-state index contributed by atoms with van der Waals surface area (Å²) in [4.78, 5) is 8.30. The van der Waals surface area contributed by atoms with Crippen LogP contribution in [0, 0.1) is 0 Å². The van der Waals surface area contributed by atoms with Crippen LogP contribution in [0.4, 0.5) is 5.13 Å². The number of hydrogen-bond donors (Lipinski definition) is 1. The zero-order chi connectivity index (χ0) is 14.2. The molecule has 2 atom stereocenters. The van der Waals surface area contributed by atoms with Gasteiger partial charge < -0.3 is 15.4 Å². The van der Waals surface area contributed by atoms with Crippen LogP contribution in [0.15, 0.2) is 0 Å². The van der Waals surface area contributed by atoms with Gasteiger partial charge in [-0.3, -0.25) is 0 Å². The molecule has 19 heavy (non-hydrogen) atoms. The maximum absolute atomic E-state index is 5.87. The molecule has 2 heterocycles. The van der Waals surface area contributed by atoms with Crippen molar-refractivity contribution in [1.29, 1.82) is 0 Å². The van der Waals surface area contributed by atoms with Crippen LogP contribution in [0.5, 0.6) is 0 Å².